The Hall–Kier alpha value is -3.80. The van der Waals surface area contributed by atoms with Crippen molar-refractivity contribution in [2.75, 3.05) is 39.7 Å². The first kappa shape index (κ1) is 30.5. The van der Waals surface area contributed by atoms with Crippen LogP contribution in [0.25, 0.3) is 21.8 Å². The number of anilines is 3. The third-order valence-corrected chi connectivity index (χ3v) is 13.5. The number of halogens is 3. The number of nitrogens with zero attached hydrogens (tertiary/aromatic N) is 4. The van der Waals surface area contributed by atoms with Crippen molar-refractivity contribution in [3.63, 3.8) is 0 Å². The van der Waals surface area contributed by atoms with Crippen LogP contribution in [0, 0.1) is 29.3 Å². The Labute approximate surface area is 272 Å². The molecule has 3 aliphatic heterocycles. The summed E-state index contributed by atoms with van der Waals surface area (Å²) in [4.78, 5) is 15.4. The lowest BCUT2D eigenvalue weighted by Gasteiger charge is -2.34. The highest BCUT2D eigenvalue weighted by atomic mass is 32.2. The number of thiazole rings is 1. The van der Waals surface area contributed by atoms with Gasteiger partial charge in [0, 0.05) is 17.8 Å². The second kappa shape index (κ2) is 11.1. The quantitative estimate of drug-likeness (QED) is 0.273. The maximum Gasteiger partial charge on any atom is 0.267 e. The third-order valence-electron chi connectivity index (χ3n) is 9.17. The zero-order chi connectivity index (χ0) is 32.7. The molecule has 3 unspecified atom stereocenters. The van der Waals surface area contributed by atoms with E-state index in [2.05, 4.69) is 15.2 Å². The minimum absolute atomic E-state index is 0.00747. The SMILES string of the molecule is O=S1(=O)C[C@@H]2C(Nc3nccc(-c4sc(N5C6CCC5COC6)nc4-c4cccc(NS(=O)(=O)c5c(F)cccc5F)c4F)n3)[C@@H]2C1. The summed E-state index contributed by atoms with van der Waals surface area (Å²) in [5.74, 6) is -3.06. The normalized spacial score (nSPS) is 25.9. The van der Waals surface area contributed by atoms with Gasteiger partial charge < -0.3 is 15.0 Å². The summed E-state index contributed by atoms with van der Waals surface area (Å²) in [5.41, 5.74) is 0.0642. The van der Waals surface area contributed by atoms with Gasteiger partial charge in [-0.05, 0) is 55.0 Å². The second-order valence-corrected chi connectivity index (χ2v) is 16.9. The summed E-state index contributed by atoms with van der Waals surface area (Å²) in [7, 11) is -7.87. The average molecular weight is 705 g/mol. The van der Waals surface area contributed by atoms with Gasteiger partial charge >= 0.3 is 0 Å². The molecule has 1 aliphatic carbocycles. The monoisotopic (exact) mass is 704 g/mol. The highest BCUT2D eigenvalue weighted by molar-refractivity contribution is 7.92. The average Bonchev–Trinajstić information content (AvgIpc) is 3.31. The molecule has 4 aliphatic rings. The van der Waals surface area contributed by atoms with Crippen LogP contribution in [-0.2, 0) is 24.6 Å². The van der Waals surface area contributed by atoms with Crippen LogP contribution < -0.4 is 14.9 Å². The minimum Gasteiger partial charge on any atom is -0.377 e. The van der Waals surface area contributed by atoms with Crippen LogP contribution in [0.4, 0.5) is 29.9 Å². The van der Waals surface area contributed by atoms with Crippen LogP contribution in [0.2, 0.25) is 0 Å². The van der Waals surface area contributed by atoms with E-state index in [0.717, 1.165) is 37.1 Å². The Morgan fingerprint density at radius 2 is 1.62 bits per heavy atom. The lowest BCUT2D eigenvalue weighted by molar-refractivity contribution is 0.0906. The van der Waals surface area contributed by atoms with Gasteiger partial charge in [0.1, 0.15) is 11.6 Å². The number of rotatable bonds is 8. The molecule has 0 radical (unpaired) electrons. The molecule has 1 saturated carbocycles. The largest absolute Gasteiger partial charge is 0.377 e. The zero-order valence-corrected chi connectivity index (χ0v) is 26.9. The van der Waals surface area contributed by atoms with Gasteiger partial charge in [0.2, 0.25) is 5.95 Å². The maximum atomic E-state index is 16.3. The highest BCUT2D eigenvalue weighted by Crippen LogP contribution is 2.49. The van der Waals surface area contributed by atoms with E-state index in [-0.39, 0.29) is 52.7 Å². The van der Waals surface area contributed by atoms with E-state index in [0.29, 0.717) is 34.9 Å². The molecule has 0 amide bonds. The number of benzene rings is 2. The van der Waals surface area contributed by atoms with E-state index in [9.17, 15) is 25.6 Å². The van der Waals surface area contributed by atoms with Gasteiger partial charge in [-0.3, -0.25) is 4.72 Å². The smallest absolute Gasteiger partial charge is 0.267 e. The summed E-state index contributed by atoms with van der Waals surface area (Å²) in [5, 5.41) is 3.87. The second-order valence-electron chi connectivity index (χ2n) is 12.2. The molecule has 2 aromatic heterocycles. The maximum absolute atomic E-state index is 16.3. The van der Waals surface area contributed by atoms with Crippen molar-refractivity contribution >= 4 is 48.0 Å². The summed E-state index contributed by atoms with van der Waals surface area (Å²) in [6.45, 7) is 1.06. The molecule has 4 fully saturated rings. The molecule has 8 rings (SSSR count). The summed E-state index contributed by atoms with van der Waals surface area (Å²) < 4.78 is 103. The number of hydrogen-bond acceptors (Lipinski definition) is 11. The molecular weight excluding hydrogens is 678 g/mol. The van der Waals surface area contributed by atoms with Crippen molar-refractivity contribution in [2.24, 2.45) is 11.8 Å². The Bertz CT molecular complexity index is 2080. The van der Waals surface area contributed by atoms with Crippen LogP contribution in [-0.4, -0.2) is 74.6 Å². The fourth-order valence-electron chi connectivity index (χ4n) is 6.92. The van der Waals surface area contributed by atoms with Crippen LogP contribution in [0.15, 0.2) is 53.6 Å². The molecule has 11 nitrogen and oxygen atoms in total. The first-order valence-corrected chi connectivity index (χ1v) is 19.0. The molecule has 2 aromatic carbocycles. The van der Waals surface area contributed by atoms with E-state index in [1.165, 1.54) is 23.5 Å². The Morgan fingerprint density at radius 1 is 0.936 bits per heavy atom. The third kappa shape index (κ3) is 5.42. The van der Waals surface area contributed by atoms with Crippen molar-refractivity contribution in [3.8, 4) is 21.8 Å². The molecule has 5 heterocycles. The number of morpholine rings is 1. The predicted octanol–water partition coefficient (Wildman–Crippen LogP) is 4.31. The minimum atomic E-state index is -4.85. The molecule has 246 valence electrons. The number of sulfone groups is 1. The van der Waals surface area contributed by atoms with Crippen LogP contribution >= 0.6 is 11.3 Å². The van der Waals surface area contributed by atoms with Crippen molar-refractivity contribution in [2.45, 2.75) is 35.9 Å². The molecule has 5 atom stereocenters. The van der Waals surface area contributed by atoms with Gasteiger partial charge in [-0.15, -0.1) is 0 Å². The fourth-order valence-corrected chi connectivity index (χ4v) is 11.5. The van der Waals surface area contributed by atoms with Crippen LogP contribution in [0.5, 0.6) is 0 Å². The van der Waals surface area contributed by atoms with E-state index in [1.807, 2.05) is 4.72 Å². The number of ether oxygens (including phenoxy) is 1. The van der Waals surface area contributed by atoms with Crippen molar-refractivity contribution in [3.05, 3.63) is 66.1 Å². The zero-order valence-electron chi connectivity index (χ0n) is 24.4. The van der Waals surface area contributed by atoms with E-state index in [1.54, 1.807) is 12.3 Å². The van der Waals surface area contributed by atoms with Crippen LogP contribution in [0.1, 0.15) is 12.8 Å². The van der Waals surface area contributed by atoms with Crippen LogP contribution in [0.3, 0.4) is 0 Å². The van der Waals surface area contributed by atoms with E-state index >= 15 is 4.39 Å². The molecular formula is C30H27F3N6O5S3. The highest BCUT2D eigenvalue weighted by Gasteiger charge is 2.59. The number of nitrogens with one attached hydrogen (secondary N) is 2. The number of fused-ring (bicyclic) bond motifs is 3. The molecule has 47 heavy (non-hydrogen) atoms. The van der Waals surface area contributed by atoms with Gasteiger partial charge in [-0.2, -0.15) is 0 Å². The van der Waals surface area contributed by atoms with Crippen molar-refractivity contribution in [1.29, 1.82) is 0 Å². The summed E-state index contributed by atoms with van der Waals surface area (Å²) >= 11 is 1.31. The molecule has 17 heteroatoms. The predicted molar refractivity (Wildman–Crippen MR) is 169 cm³/mol. The Morgan fingerprint density at radius 3 is 2.32 bits per heavy atom. The number of hydrogen-bond donors (Lipinski definition) is 2. The van der Waals surface area contributed by atoms with Gasteiger partial charge in [-0.25, -0.2) is 45.0 Å². The van der Waals surface area contributed by atoms with Crippen molar-refractivity contribution < 1.29 is 34.7 Å². The van der Waals surface area contributed by atoms with E-state index in [4.69, 9.17) is 14.7 Å². The first-order valence-electron chi connectivity index (χ1n) is 14.9. The van der Waals surface area contributed by atoms with Gasteiger partial charge in [-0.1, -0.05) is 23.5 Å². The Balaban J connectivity index is 1.17. The lowest BCUT2D eigenvalue weighted by atomic mass is 10.1. The topological polar surface area (TPSA) is 143 Å². The summed E-state index contributed by atoms with van der Waals surface area (Å²) in [6.07, 6.45) is 3.37. The molecule has 3 saturated heterocycles. The first-order chi connectivity index (χ1) is 22.5. The molecule has 2 bridgehead atoms. The summed E-state index contributed by atoms with van der Waals surface area (Å²) in [6, 6.07) is 8.43. The van der Waals surface area contributed by atoms with Gasteiger partial charge in [0.05, 0.1) is 58.8 Å². The van der Waals surface area contributed by atoms with E-state index < -0.39 is 47.9 Å². The Kier molecular flexibility index (Phi) is 7.23. The number of sulfonamides is 1. The van der Waals surface area contributed by atoms with Crippen molar-refractivity contribution in [1.82, 2.24) is 15.0 Å². The lowest BCUT2D eigenvalue weighted by Crippen LogP contribution is -2.45. The van der Waals surface area contributed by atoms with Gasteiger partial charge in [0.25, 0.3) is 10.0 Å². The molecule has 4 aromatic rings. The number of aromatic nitrogens is 3. The standard InChI is InChI=1S/C30H27F3N6O5S3/c31-20-4-2-5-21(32)28(20)47(42,43)38-22-6-1-3-17(24(22)33)26-27(45-30(37-26)39-15-7-8-16(39)12-44-11-15)23-9-10-34-29(35-23)36-25-18-13-46(40,41)14-19(18)25/h1-6,9-10,15-16,18-19,25,38H,7-8,11-14H2,(H,34,35,36)/t15?,16?,18-,19+,25?. The fraction of sp³-hybridized carbons (Fsp3) is 0.367. The molecule has 2 N–H and O–H groups in total. The molecule has 0 spiro atoms. The van der Waals surface area contributed by atoms with Gasteiger partial charge in [0.15, 0.2) is 25.7 Å².